The zero-order valence-electron chi connectivity index (χ0n) is 15.3. The smallest absolute Gasteiger partial charge is 0.357 e. The minimum atomic E-state index is -0.433. The van der Waals surface area contributed by atoms with Gasteiger partial charge in [0.25, 0.3) is 0 Å². The van der Waals surface area contributed by atoms with Crippen LogP contribution in [0.15, 0.2) is 5.38 Å². The summed E-state index contributed by atoms with van der Waals surface area (Å²) in [6.07, 6.45) is 5.94. The van der Waals surface area contributed by atoms with Crippen molar-refractivity contribution < 1.29 is 14.3 Å². The average molecular weight is 355 g/mol. The summed E-state index contributed by atoms with van der Waals surface area (Å²) < 4.78 is 4.68. The Labute approximate surface area is 149 Å². The van der Waals surface area contributed by atoms with Crippen molar-refractivity contribution in [1.29, 1.82) is 0 Å². The molecule has 1 rings (SSSR count). The van der Waals surface area contributed by atoms with Gasteiger partial charge in [0, 0.05) is 18.3 Å². The van der Waals surface area contributed by atoms with Crippen LogP contribution in [0.5, 0.6) is 0 Å². The molecule has 24 heavy (non-hydrogen) atoms. The molecular formula is C18H30N2O3S. The van der Waals surface area contributed by atoms with E-state index in [1.165, 1.54) is 31.3 Å². The average Bonchev–Trinajstić information content (AvgIpc) is 3.03. The molecule has 1 aromatic heterocycles. The Morgan fingerprint density at radius 1 is 1.29 bits per heavy atom. The second-order valence-corrected chi connectivity index (χ2v) is 7.37. The molecule has 0 N–H and O–H groups in total. The van der Waals surface area contributed by atoms with Gasteiger partial charge in [-0.15, -0.1) is 11.3 Å². The molecule has 1 heterocycles. The van der Waals surface area contributed by atoms with Crippen LogP contribution in [0, 0.1) is 5.92 Å². The zero-order chi connectivity index (χ0) is 17.9. The molecule has 5 nitrogen and oxygen atoms in total. The minimum Gasteiger partial charge on any atom is -0.464 e. The van der Waals surface area contributed by atoms with Crippen LogP contribution in [0.25, 0.3) is 0 Å². The van der Waals surface area contributed by atoms with Crippen LogP contribution in [0.3, 0.4) is 0 Å². The number of aromatic nitrogens is 1. The number of hydrogen-bond acceptors (Lipinski definition) is 5. The van der Waals surface area contributed by atoms with Gasteiger partial charge in [0.15, 0.2) is 5.69 Å². The Morgan fingerprint density at radius 3 is 2.67 bits per heavy atom. The van der Waals surface area contributed by atoms with Crippen molar-refractivity contribution in [2.45, 2.75) is 65.8 Å². The third-order valence-electron chi connectivity index (χ3n) is 3.85. The van der Waals surface area contributed by atoms with Gasteiger partial charge < -0.3 is 9.64 Å². The van der Waals surface area contributed by atoms with Crippen LogP contribution in [0.2, 0.25) is 0 Å². The van der Waals surface area contributed by atoms with E-state index in [2.05, 4.69) is 30.5 Å². The van der Waals surface area contributed by atoms with E-state index in [4.69, 9.17) is 0 Å². The maximum absolute atomic E-state index is 12.5. The van der Waals surface area contributed by atoms with Gasteiger partial charge in [0.1, 0.15) is 5.01 Å². The Kier molecular flexibility index (Phi) is 9.60. The number of methoxy groups -OCH3 is 1. The van der Waals surface area contributed by atoms with Crippen LogP contribution in [-0.4, -0.2) is 35.4 Å². The predicted molar refractivity (Wildman–Crippen MR) is 97.1 cm³/mol. The van der Waals surface area contributed by atoms with E-state index in [0.717, 1.165) is 30.8 Å². The summed E-state index contributed by atoms with van der Waals surface area (Å²) in [4.78, 5) is 30.2. The fourth-order valence-corrected chi connectivity index (χ4v) is 3.09. The lowest BCUT2D eigenvalue weighted by Gasteiger charge is -2.22. The maximum Gasteiger partial charge on any atom is 0.357 e. The lowest BCUT2D eigenvalue weighted by Crippen LogP contribution is -2.32. The highest BCUT2D eigenvalue weighted by Crippen LogP contribution is 2.16. The summed E-state index contributed by atoms with van der Waals surface area (Å²) in [7, 11) is 1.34. The van der Waals surface area contributed by atoms with Crippen LogP contribution in [-0.2, 0) is 16.1 Å². The second kappa shape index (κ2) is 11.2. The highest BCUT2D eigenvalue weighted by molar-refractivity contribution is 7.09. The summed E-state index contributed by atoms with van der Waals surface area (Å²) in [6.45, 7) is 7.68. The van der Waals surface area contributed by atoms with Crippen LogP contribution in [0.4, 0.5) is 0 Å². The number of thiazole rings is 1. The van der Waals surface area contributed by atoms with Gasteiger partial charge in [0.05, 0.1) is 13.7 Å². The van der Waals surface area contributed by atoms with E-state index >= 15 is 0 Å². The minimum absolute atomic E-state index is 0.182. The van der Waals surface area contributed by atoms with Crippen molar-refractivity contribution in [1.82, 2.24) is 9.88 Å². The van der Waals surface area contributed by atoms with Gasteiger partial charge in [-0.2, -0.15) is 0 Å². The topological polar surface area (TPSA) is 59.5 Å². The molecule has 0 unspecified atom stereocenters. The van der Waals surface area contributed by atoms with Crippen molar-refractivity contribution in [3.63, 3.8) is 0 Å². The van der Waals surface area contributed by atoms with Crippen molar-refractivity contribution >= 4 is 23.2 Å². The fraction of sp³-hybridized carbons (Fsp3) is 0.722. The number of rotatable bonds is 11. The van der Waals surface area contributed by atoms with Gasteiger partial charge in [0.2, 0.25) is 5.91 Å². The number of unbranched alkanes of at least 4 members (excludes halogenated alkanes) is 3. The number of carbonyl (C=O) groups is 2. The highest BCUT2D eigenvalue weighted by Gasteiger charge is 2.17. The molecule has 0 radical (unpaired) electrons. The third kappa shape index (κ3) is 7.43. The number of carbonyl (C=O) groups excluding carboxylic acids is 2. The van der Waals surface area contributed by atoms with E-state index in [-0.39, 0.29) is 5.91 Å². The quantitative estimate of drug-likeness (QED) is 0.440. The predicted octanol–water partition coefficient (Wildman–Crippen LogP) is 4.27. The molecule has 136 valence electrons. The second-order valence-electron chi connectivity index (χ2n) is 6.43. The summed E-state index contributed by atoms with van der Waals surface area (Å²) in [6, 6.07) is 0. The molecule has 0 saturated carbocycles. The van der Waals surface area contributed by atoms with Gasteiger partial charge in [-0.1, -0.05) is 40.0 Å². The van der Waals surface area contributed by atoms with Crippen LogP contribution < -0.4 is 0 Å². The molecule has 0 aromatic carbocycles. The Morgan fingerprint density at radius 2 is 2.04 bits per heavy atom. The largest absolute Gasteiger partial charge is 0.464 e. The van der Waals surface area contributed by atoms with Crippen molar-refractivity contribution in [2.24, 2.45) is 5.92 Å². The first kappa shape index (κ1) is 20.6. The summed E-state index contributed by atoms with van der Waals surface area (Å²) in [5, 5.41) is 2.47. The normalized spacial score (nSPS) is 10.9. The first-order valence-corrected chi connectivity index (χ1v) is 9.66. The van der Waals surface area contributed by atoms with Crippen LogP contribution >= 0.6 is 11.3 Å². The molecule has 0 aliphatic rings. The number of amides is 1. The van der Waals surface area contributed by atoms with Gasteiger partial charge in [-0.3, -0.25) is 4.79 Å². The van der Waals surface area contributed by atoms with Crippen LogP contribution in [0.1, 0.15) is 74.8 Å². The number of esters is 1. The highest BCUT2D eigenvalue weighted by atomic mass is 32.1. The summed E-state index contributed by atoms with van der Waals surface area (Å²) >= 11 is 1.40. The summed E-state index contributed by atoms with van der Waals surface area (Å²) in [5.74, 6) is 0.293. The molecule has 0 atom stereocenters. The molecule has 6 heteroatoms. The SMILES string of the molecule is CCCCCCC(=O)N(CCC(C)C)Cc1nc(C(=O)OC)cs1. The molecule has 1 aromatic rings. The molecule has 0 bridgehead atoms. The molecule has 0 aliphatic carbocycles. The number of ether oxygens (including phenoxy) is 1. The molecule has 0 aliphatic heterocycles. The first-order valence-electron chi connectivity index (χ1n) is 8.78. The molecule has 0 saturated heterocycles. The van der Waals surface area contributed by atoms with Crippen molar-refractivity contribution in [2.75, 3.05) is 13.7 Å². The van der Waals surface area contributed by atoms with E-state index in [9.17, 15) is 9.59 Å². The van der Waals surface area contributed by atoms with Gasteiger partial charge >= 0.3 is 5.97 Å². The van der Waals surface area contributed by atoms with E-state index in [1.54, 1.807) is 5.38 Å². The zero-order valence-corrected chi connectivity index (χ0v) is 16.2. The van der Waals surface area contributed by atoms with Gasteiger partial charge in [-0.25, -0.2) is 9.78 Å². The van der Waals surface area contributed by atoms with E-state index in [0.29, 0.717) is 24.6 Å². The number of hydrogen-bond donors (Lipinski definition) is 0. The summed E-state index contributed by atoms with van der Waals surface area (Å²) in [5.41, 5.74) is 0.316. The standard InChI is InChI=1S/C18H30N2O3S/c1-5-6-7-8-9-17(21)20(11-10-14(2)3)12-16-19-15(13-24-16)18(22)23-4/h13-14H,5-12H2,1-4H3. The molecular weight excluding hydrogens is 324 g/mol. The Hall–Kier alpha value is -1.43. The van der Waals surface area contributed by atoms with Crippen molar-refractivity contribution in [3.05, 3.63) is 16.1 Å². The number of nitrogens with zero attached hydrogens (tertiary/aromatic N) is 2. The maximum atomic E-state index is 12.5. The monoisotopic (exact) mass is 354 g/mol. The lowest BCUT2D eigenvalue weighted by molar-refractivity contribution is -0.132. The molecule has 0 fully saturated rings. The van der Waals surface area contributed by atoms with Crippen molar-refractivity contribution in [3.8, 4) is 0 Å². The Bertz CT molecular complexity index is 514. The van der Waals surface area contributed by atoms with E-state index < -0.39 is 5.97 Å². The molecule has 1 amide bonds. The fourth-order valence-electron chi connectivity index (χ4n) is 2.31. The molecule has 0 spiro atoms. The van der Waals surface area contributed by atoms with Gasteiger partial charge in [-0.05, 0) is 18.8 Å². The lowest BCUT2D eigenvalue weighted by atomic mass is 10.1. The first-order chi connectivity index (χ1) is 11.5. The Balaban J connectivity index is 2.65. The van der Waals surface area contributed by atoms with E-state index in [1.807, 2.05) is 4.90 Å². The third-order valence-corrected chi connectivity index (χ3v) is 4.68.